The quantitative estimate of drug-likeness (QED) is 0.231. The van der Waals surface area contributed by atoms with E-state index in [1.807, 2.05) is 112 Å². The zero-order valence-corrected chi connectivity index (χ0v) is 19.5. The Hall–Kier alpha value is -5.39. The standard InChI is InChI=1S/C32H17FN4/c1-35-25-18-30(36-26-14-6-2-10-20(26)21-11-3-7-15-27(21)36)32(31(33)24(25)19-34)37-28-16-8-4-12-22(28)23-13-5-9-17-29(23)37/h2-18H. The highest BCUT2D eigenvalue weighted by atomic mass is 19.1. The molecule has 0 N–H and O–H groups in total. The molecule has 37 heavy (non-hydrogen) atoms. The highest BCUT2D eigenvalue weighted by Crippen LogP contribution is 2.41. The van der Waals surface area contributed by atoms with Crippen LogP contribution in [0.3, 0.4) is 0 Å². The van der Waals surface area contributed by atoms with E-state index in [1.165, 1.54) is 0 Å². The van der Waals surface area contributed by atoms with Gasteiger partial charge in [-0.3, -0.25) is 0 Å². The van der Waals surface area contributed by atoms with Crippen LogP contribution >= 0.6 is 0 Å². The maximum absolute atomic E-state index is 16.6. The van der Waals surface area contributed by atoms with Crippen molar-refractivity contribution in [3.8, 4) is 17.4 Å². The summed E-state index contributed by atoms with van der Waals surface area (Å²) in [4.78, 5) is 3.54. The van der Waals surface area contributed by atoms with Gasteiger partial charge in [-0.2, -0.15) is 5.26 Å². The molecule has 0 radical (unpaired) electrons. The lowest BCUT2D eigenvalue weighted by atomic mass is 10.1. The largest absolute Gasteiger partial charge is 0.308 e. The SMILES string of the molecule is [C-]#[N+]c1cc(-n2c3ccccc3c3ccccc32)c(-n2c3ccccc3c3ccccc32)c(F)c1C#N. The van der Waals surface area contributed by atoms with E-state index in [0.717, 1.165) is 43.6 Å². The third-order valence-electron chi connectivity index (χ3n) is 7.06. The molecular weight excluding hydrogens is 459 g/mol. The first-order chi connectivity index (χ1) is 18.2. The minimum atomic E-state index is -0.709. The second-order valence-electron chi connectivity index (χ2n) is 8.92. The zero-order chi connectivity index (χ0) is 25.1. The van der Waals surface area contributed by atoms with Gasteiger partial charge in [0.15, 0.2) is 5.82 Å². The molecule has 0 bridgehead atoms. The summed E-state index contributed by atoms with van der Waals surface area (Å²) in [7, 11) is 0. The molecule has 172 valence electrons. The Morgan fingerprint density at radius 3 is 1.46 bits per heavy atom. The van der Waals surface area contributed by atoms with Gasteiger partial charge in [0.25, 0.3) is 0 Å². The molecule has 0 amide bonds. The molecule has 7 aromatic rings. The summed E-state index contributed by atoms with van der Waals surface area (Å²) in [5, 5.41) is 13.9. The number of nitrogens with zero attached hydrogens (tertiary/aromatic N) is 4. The lowest BCUT2D eigenvalue weighted by Crippen LogP contribution is -2.08. The lowest BCUT2D eigenvalue weighted by Gasteiger charge is -2.19. The summed E-state index contributed by atoms with van der Waals surface area (Å²) >= 11 is 0. The number of hydrogen-bond donors (Lipinski definition) is 0. The second kappa shape index (κ2) is 7.81. The Bertz CT molecular complexity index is 2030. The Morgan fingerprint density at radius 2 is 1.05 bits per heavy atom. The van der Waals surface area contributed by atoms with Gasteiger partial charge in [-0.15, -0.1) is 0 Å². The summed E-state index contributed by atoms with van der Waals surface area (Å²) in [6.07, 6.45) is 0. The van der Waals surface area contributed by atoms with Gasteiger partial charge in [-0.05, 0) is 30.3 Å². The second-order valence-corrected chi connectivity index (χ2v) is 8.92. The zero-order valence-electron chi connectivity index (χ0n) is 19.5. The monoisotopic (exact) mass is 476 g/mol. The summed E-state index contributed by atoms with van der Waals surface area (Å²) < 4.78 is 20.5. The summed E-state index contributed by atoms with van der Waals surface area (Å²) in [6, 6.07) is 35.3. The van der Waals surface area contributed by atoms with Gasteiger partial charge < -0.3 is 9.13 Å². The van der Waals surface area contributed by atoms with Crippen molar-refractivity contribution in [1.29, 1.82) is 5.26 Å². The van der Waals surface area contributed by atoms with E-state index in [0.29, 0.717) is 5.69 Å². The van der Waals surface area contributed by atoms with Crippen molar-refractivity contribution in [2.24, 2.45) is 0 Å². The minimum absolute atomic E-state index is 0.0126. The average molecular weight is 477 g/mol. The predicted octanol–water partition coefficient (Wildman–Crippen LogP) is 8.44. The molecule has 0 spiro atoms. The normalized spacial score (nSPS) is 11.3. The molecule has 5 heteroatoms. The Balaban J connectivity index is 1.75. The van der Waals surface area contributed by atoms with Crippen molar-refractivity contribution in [2.45, 2.75) is 0 Å². The number of fused-ring (bicyclic) bond motifs is 6. The van der Waals surface area contributed by atoms with Crippen molar-refractivity contribution in [1.82, 2.24) is 9.13 Å². The van der Waals surface area contributed by atoms with Crippen molar-refractivity contribution >= 4 is 49.3 Å². The minimum Gasteiger partial charge on any atom is -0.308 e. The van der Waals surface area contributed by atoms with Gasteiger partial charge in [-0.25, -0.2) is 9.24 Å². The van der Waals surface area contributed by atoms with Gasteiger partial charge in [0, 0.05) is 21.5 Å². The van der Waals surface area contributed by atoms with Gasteiger partial charge >= 0.3 is 0 Å². The number of nitriles is 1. The fraction of sp³-hybridized carbons (Fsp3) is 0. The summed E-state index contributed by atoms with van der Waals surface area (Å²) in [6.45, 7) is 7.73. The molecule has 2 heterocycles. The molecule has 0 saturated carbocycles. The number of hydrogen-bond acceptors (Lipinski definition) is 1. The topological polar surface area (TPSA) is 38.0 Å². The van der Waals surface area contributed by atoms with Crippen LogP contribution in [0.5, 0.6) is 0 Å². The van der Waals surface area contributed by atoms with Crippen molar-refractivity contribution < 1.29 is 4.39 Å². The molecule has 0 saturated heterocycles. The highest BCUT2D eigenvalue weighted by molar-refractivity contribution is 6.11. The van der Waals surface area contributed by atoms with Crippen molar-refractivity contribution in [3.05, 3.63) is 126 Å². The molecule has 0 fully saturated rings. The maximum Gasteiger partial charge on any atom is 0.209 e. The average Bonchev–Trinajstić information content (AvgIpc) is 3.46. The number of aromatic nitrogens is 2. The molecule has 4 nitrogen and oxygen atoms in total. The first-order valence-electron chi connectivity index (χ1n) is 11.8. The van der Waals surface area contributed by atoms with Gasteiger partial charge in [0.05, 0.1) is 46.0 Å². The summed E-state index contributed by atoms with van der Waals surface area (Å²) in [5.41, 5.74) is 3.92. The smallest absolute Gasteiger partial charge is 0.209 e. The van der Waals surface area contributed by atoms with Crippen LogP contribution in [0.4, 0.5) is 10.1 Å². The van der Waals surface area contributed by atoms with Crippen molar-refractivity contribution in [2.75, 3.05) is 0 Å². The molecule has 0 aliphatic rings. The predicted molar refractivity (Wildman–Crippen MR) is 146 cm³/mol. The number of halogens is 1. The Kier molecular flexibility index (Phi) is 4.42. The first kappa shape index (κ1) is 20.9. The molecule has 0 aliphatic carbocycles. The lowest BCUT2D eigenvalue weighted by molar-refractivity contribution is 0.617. The van der Waals surface area contributed by atoms with Crippen LogP contribution in [0, 0.1) is 23.7 Å². The van der Waals surface area contributed by atoms with Crippen LogP contribution in [0.2, 0.25) is 0 Å². The van der Waals surface area contributed by atoms with E-state index in [4.69, 9.17) is 6.57 Å². The molecule has 0 unspecified atom stereocenters. The third-order valence-corrected chi connectivity index (χ3v) is 7.06. The number of rotatable bonds is 2. The van der Waals surface area contributed by atoms with Crippen LogP contribution in [0.15, 0.2) is 103 Å². The number of benzene rings is 5. The van der Waals surface area contributed by atoms with E-state index >= 15 is 4.39 Å². The molecule has 0 aliphatic heterocycles. The van der Waals surface area contributed by atoms with Crippen LogP contribution in [0.1, 0.15) is 5.56 Å². The van der Waals surface area contributed by atoms with Crippen LogP contribution < -0.4 is 0 Å². The summed E-state index contributed by atoms with van der Waals surface area (Å²) in [5.74, 6) is -0.709. The van der Waals surface area contributed by atoms with Crippen LogP contribution in [-0.2, 0) is 0 Å². The van der Waals surface area contributed by atoms with E-state index < -0.39 is 5.82 Å². The molecule has 2 aromatic heterocycles. The van der Waals surface area contributed by atoms with Crippen LogP contribution in [-0.4, -0.2) is 9.13 Å². The molecule has 0 atom stereocenters. The van der Waals surface area contributed by atoms with Crippen molar-refractivity contribution in [3.63, 3.8) is 0 Å². The Labute approximate surface area is 211 Å². The van der Waals surface area contributed by atoms with E-state index in [1.54, 1.807) is 6.07 Å². The highest BCUT2D eigenvalue weighted by Gasteiger charge is 2.26. The first-order valence-corrected chi connectivity index (χ1v) is 11.8. The van der Waals surface area contributed by atoms with E-state index in [9.17, 15) is 5.26 Å². The Morgan fingerprint density at radius 1 is 0.649 bits per heavy atom. The number of para-hydroxylation sites is 4. The maximum atomic E-state index is 16.6. The van der Waals surface area contributed by atoms with Crippen LogP contribution in [0.25, 0.3) is 59.8 Å². The molecule has 5 aromatic carbocycles. The fourth-order valence-electron chi connectivity index (χ4n) is 5.54. The van der Waals surface area contributed by atoms with E-state index in [2.05, 4.69) is 4.85 Å². The molecular formula is C32H17FN4. The van der Waals surface area contributed by atoms with E-state index in [-0.39, 0.29) is 16.9 Å². The van der Waals surface area contributed by atoms with Gasteiger partial charge in [0.2, 0.25) is 5.69 Å². The van der Waals surface area contributed by atoms with Gasteiger partial charge in [-0.1, -0.05) is 72.8 Å². The molecule has 7 rings (SSSR count). The third kappa shape index (κ3) is 2.80. The van der Waals surface area contributed by atoms with Gasteiger partial charge in [0.1, 0.15) is 5.69 Å². The fourth-order valence-corrected chi connectivity index (χ4v) is 5.54.